The van der Waals surface area contributed by atoms with Crippen molar-refractivity contribution in [2.24, 2.45) is 0 Å². The smallest absolute Gasteiger partial charge is 0.181 e. The summed E-state index contributed by atoms with van der Waals surface area (Å²) in [5.74, 6) is 0.358. The van der Waals surface area contributed by atoms with Gasteiger partial charge in [0.05, 0.1) is 28.2 Å². The largest absolute Gasteiger partial charge is 0.382 e. The molecule has 6 heteroatoms. The molecule has 0 bridgehead atoms. The fourth-order valence-electron chi connectivity index (χ4n) is 1.87. The van der Waals surface area contributed by atoms with Crippen LogP contribution in [-0.4, -0.2) is 23.6 Å². The Kier molecular flexibility index (Phi) is 2.74. The molecule has 0 amide bonds. The van der Waals surface area contributed by atoms with E-state index in [0.717, 1.165) is 18.4 Å². The summed E-state index contributed by atoms with van der Waals surface area (Å²) in [5, 5.41) is -0.185. The van der Waals surface area contributed by atoms with Crippen LogP contribution in [0.25, 0.3) is 11.3 Å². The van der Waals surface area contributed by atoms with Crippen LogP contribution in [0.1, 0.15) is 12.8 Å². The number of hydrogen-bond acceptors (Lipinski definition) is 5. The summed E-state index contributed by atoms with van der Waals surface area (Å²) in [4.78, 5) is 8.49. The number of aromatic nitrogens is 2. The SMILES string of the molecule is Nc1cnc(-c2ccc(S(=O)(=O)C3CC3)cc2)cn1. The van der Waals surface area contributed by atoms with Gasteiger partial charge in [0, 0.05) is 5.56 Å². The standard InChI is InChI=1S/C13H13N3O2S/c14-13-8-15-12(7-16-13)9-1-3-10(4-2-9)19(17,18)11-5-6-11/h1-4,7-8,11H,5-6H2,(H2,14,16). The van der Waals surface area contributed by atoms with Gasteiger partial charge in [-0.15, -0.1) is 0 Å². The minimum Gasteiger partial charge on any atom is -0.382 e. The topological polar surface area (TPSA) is 85.9 Å². The van der Waals surface area contributed by atoms with Crippen molar-refractivity contribution >= 4 is 15.7 Å². The molecular formula is C13H13N3O2S. The van der Waals surface area contributed by atoms with E-state index in [2.05, 4.69) is 9.97 Å². The number of nitrogens with zero attached hydrogens (tertiary/aromatic N) is 2. The van der Waals surface area contributed by atoms with Crippen LogP contribution >= 0.6 is 0 Å². The van der Waals surface area contributed by atoms with Crippen LogP contribution in [0.2, 0.25) is 0 Å². The van der Waals surface area contributed by atoms with Gasteiger partial charge < -0.3 is 5.73 Å². The highest BCUT2D eigenvalue weighted by molar-refractivity contribution is 7.92. The van der Waals surface area contributed by atoms with Crippen molar-refractivity contribution in [2.45, 2.75) is 23.0 Å². The Hall–Kier alpha value is -1.95. The first kappa shape index (κ1) is 12.1. The quantitative estimate of drug-likeness (QED) is 0.920. The maximum Gasteiger partial charge on any atom is 0.181 e. The van der Waals surface area contributed by atoms with Crippen molar-refractivity contribution in [1.82, 2.24) is 9.97 Å². The van der Waals surface area contributed by atoms with E-state index in [0.29, 0.717) is 16.4 Å². The van der Waals surface area contributed by atoms with E-state index in [1.807, 2.05) is 0 Å². The zero-order valence-corrected chi connectivity index (χ0v) is 11.0. The molecule has 1 saturated carbocycles. The third kappa shape index (κ3) is 2.31. The maximum absolute atomic E-state index is 12.0. The molecule has 2 aromatic rings. The Morgan fingerprint density at radius 1 is 1.05 bits per heavy atom. The van der Waals surface area contributed by atoms with Gasteiger partial charge in [-0.25, -0.2) is 13.4 Å². The molecule has 0 unspecified atom stereocenters. The Labute approximate surface area is 111 Å². The number of rotatable bonds is 3. The number of benzene rings is 1. The van der Waals surface area contributed by atoms with E-state index in [-0.39, 0.29) is 5.25 Å². The molecule has 0 atom stereocenters. The monoisotopic (exact) mass is 275 g/mol. The van der Waals surface area contributed by atoms with Crippen LogP contribution in [0.4, 0.5) is 5.82 Å². The van der Waals surface area contributed by atoms with Crippen molar-refractivity contribution in [3.63, 3.8) is 0 Å². The Bertz CT molecular complexity index is 690. The Morgan fingerprint density at radius 2 is 1.74 bits per heavy atom. The maximum atomic E-state index is 12.0. The van der Waals surface area contributed by atoms with Gasteiger partial charge in [0.2, 0.25) is 0 Å². The van der Waals surface area contributed by atoms with Crippen LogP contribution in [-0.2, 0) is 9.84 Å². The van der Waals surface area contributed by atoms with E-state index < -0.39 is 9.84 Å². The van der Waals surface area contributed by atoms with Gasteiger partial charge >= 0.3 is 0 Å². The average Bonchev–Trinajstić information content (AvgIpc) is 3.24. The van der Waals surface area contributed by atoms with Gasteiger partial charge in [-0.05, 0) is 25.0 Å². The van der Waals surface area contributed by atoms with Crippen molar-refractivity contribution in [3.05, 3.63) is 36.7 Å². The molecule has 98 valence electrons. The van der Waals surface area contributed by atoms with E-state index in [1.165, 1.54) is 6.20 Å². The van der Waals surface area contributed by atoms with Gasteiger partial charge in [-0.1, -0.05) is 12.1 Å². The number of sulfone groups is 1. The first-order valence-electron chi connectivity index (χ1n) is 5.99. The van der Waals surface area contributed by atoms with E-state index in [1.54, 1.807) is 30.5 Å². The summed E-state index contributed by atoms with van der Waals surface area (Å²) in [7, 11) is -3.13. The van der Waals surface area contributed by atoms with E-state index in [9.17, 15) is 8.42 Å². The van der Waals surface area contributed by atoms with Gasteiger partial charge in [0.1, 0.15) is 5.82 Å². The normalized spacial score (nSPS) is 15.4. The highest BCUT2D eigenvalue weighted by atomic mass is 32.2. The van der Waals surface area contributed by atoms with Crippen molar-refractivity contribution in [1.29, 1.82) is 0 Å². The first-order valence-corrected chi connectivity index (χ1v) is 7.54. The predicted molar refractivity (Wildman–Crippen MR) is 72.1 cm³/mol. The minimum atomic E-state index is -3.13. The Morgan fingerprint density at radius 3 is 2.26 bits per heavy atom. The number of nitrogen functional groups attached to an aromatic ring is 1. The lowest BCUT2D eigenvalue weighted by Gasteiger charge is -2.04. The van der Waals surface area contributed by atoms with Gasteiger partial charge in [-0.2, -0.15) is 0 Å². The summed E-state index contributed by atoms with van der Waals surface area (Å²) >= 11 is 0. The molecule has 5 nitrogen and oxygen atoms in total. The summed E-state index contributed by atoms with van der Waals surface area (Å²) in [6.45, 7) is 0. The number of nitrogens with two attached hydrogens (primary N) is 1. The molecule has 0 saturated heterocycles. The lowest BCUT2D eigenvalue weighted by atomic mass is 10.2. The highest BCUT2D eigenvalue weighted by Gasteiger charge is 2.36. The molecule has 1 heterocycles. The van der Waals surface area contributed by atoms with E-state index in [4.69, 9.17) is 5.73 Å². The molecule has 1 aliphatic carbocycles. The van der Waals surface area contributed by atoms with Crippen molar-refractivity contribution in [2.75, 3.05) is 5.73 Å². The molecule has 1 aromatic carbocycles. The molecule has 3 rings (SSSR count). The summed E-state index contributed by atoms with van der Waals surface area (Å²) in [6, 6.07) is 6.74. The van der Waals surface area contributed by atoms with Gasteiger partial charge in [0.15, 0.2) is 9.84 Å². The molecule has 1 aliphatic rings. The third-order valence-electron chi connectivity index (χ3n) is 3.11. The van der Waals surface area contributed by atoms with Crippen molar-refractivity contribution in [3.8, 4) is 11.3 Å². The lowest BCUT2D eigenvalue weighted by Crippen LogP contribution is -2.06. The lowest BCUT2D eigenvalue weighted by molar-refractivity contribution is 0.595. The van der Waals surface area contributed by atoms with Gasteiger partial charge in [-0.3, -0.25) is 4.98 Å². The molecule has 1 aromatic heterocycles. The van der Waals surface area contributed by atoms with Crippen LogP contribution in [0.5, 0.6) is 0 Å². The third-order valence-corrected chi connectivity index (χ3v) is 5.39. The first-order chi connectivity index (χ1) is 9.07. The van der Waals surface area contributed by atoms with Crippen LogP contribution < -0.4 is 5.73 Å². The Balaban J connectivity index is 1.92. The molecule has 1 fully saturated rings. The van der Waals surface area contributed by atoms with Crippen LogP contribution in [0.15, 0.2) is 41.6 Å². The highest BCUT2D eigenvalue weighted by Crippen LogP contribution is 2.33. The number of anilines is 1. The van der Waals surface area contributed by atoms with Crippen LogP contribution in [0.3, 0.4) is 0 Å². The van der Waals surface area contributed by atoms with E-state index >= 15 is 0 Å². The molecule has 0 aliphatic heterocycles. The second-order valence-electron chi connectivity index (χ2n) is 4.60. The summed E-state index contributed by atoms with van der Waals surface area (Å²) < 4.78 is 24.1. The number of hydrogen-bond donors (Lipinski definition) is 1. The van der Waals surface area contributed by atoms with Crippen molar-refractivity contribution < 1.29 is 8.42 Å². The minimum absolute atomic E-state index is 0.185. The second kappa shape index (κ2) is 4.31. The zero-order valence-electron chi connectivity index (χ0n) is 10.2. The summed E-state index contributed by atoms with van der Waals surface area (Å²) in [6.07, 6.45) is 4.59. The molecule has 2 N–H and O–H groups in total. The molecule has 0 radical (unpaired) electrons. The van der Waals surface area contributed by atoms with Crippen LogP contribution in [0, 0.1) is 0 Å². The fraction of sp³-hybridized carbons (Fsp3) is 0.231. The van der Waals surface area contributed by atoms with Gasteiger partial charge in [0.25, 0.3) is 0 Å². The molecule has 19 heavy (non-hydrogen) atoms. The fourth-order valence-corrected chi connectivity index (χ4v) is 3.53. The predicted octanol–water partition coefficient (Wildman–Crippen LogP) is 1.66. The second-order valence-corrected chi connectivity index (χ2v) is 6.82. The molecule has 0 spiro atoms. The zero-order chi connectivity index (χ0) is 13.5. The summed E-state index contributed by atoms with van der Waals surface area (Å²) in [5.41, 5.74) is 6.97. The molecular weight excluding hydrogens is 262 g/mol. The average molecular weight is 275 g/mol.